The Labute approximate surface area is 94.1 Å². The second kappa shape index (κ2) is 5.33. The molecule has 0 aromatic carbocycles. The molecule has 0 fully saturated rings. The van der Waals surface area contributed by atoms with Gasteiger partial charge in [-0.2, -0.15) is 0 Å². The second-order valence-corrected chi connectivity index (χ2v) is 5.35. The van der Waals surface area contributed by atoms with Crippen LogP contribution < -0.4 is 5.73 Å². The molecule has 1 aromatic heterocycles. The number of pyridine rings is 1. The monoisotopic (exact) mass is 247 g/mol. The minimum absolute atomic E-state index is 0.146. The first-order chi connectivity index (χ1) is 7.48. The van der Waals surface area contributed by atoms with Gasteiger partial charge in [-0.3, -0.25) is 4.98 Å². The van der Waals surface area contributed by atoms with Crippen molar-refractivity contribution < 1.29 is 12.8 Å². The van der Waals surface area contributed by atoms with Gasteiger partial charge in [0.1, 0.15) is 10.7 Å². The van der Waals surface area contributed by atoms with E-state index >= 15 is 0 Å². The summed E-state index contributed by atoms with van der Waals surface area (Å²) in [4.78, 5) is 3.36. The van der Waals surface area contributed by atoms with Crippen LogP contribution in [0.5, 0.6) is 0 Å². The van der Waals surface area contributed by atoms with Crippen molar-refractivity contribution in [1.82, 2.24) is 9.29 Å². The fraction of sp³-hybridized carbons (Fsp3) is 0.444. The Hall–Kier alpha value is -1.05. The molecule has 90 valence electrons. The Morgan fingerprint density at radius 3 is 2.75 bits per heavy atom. The predicted octanol–water partition coefficient (Wildman–Crippen LogP) is 0.190. The number of halogens is 1. The summed E-state index contributed by atoms with van der Waals surface area (Å²) in [6.45, 7) is 0.705. The molecule has 0 atom stereocenters. The van der Waals surface area contributed by atoms with E-state index in [0.717, 1.165) is 22.8 Å². The second-order valence-electron chi connectivity index (χ2n) is 3.31. The molecule has 7 heteroatoms. The zero-order valence-electron chi connectivity index (χ0n) is 8.93. The largest absolute Gasteiger partial charge is 0.330 e. The molecule has 0 radical (unpaired) electrons. The minimum atomic E-state index is -3.66. The molecule has 1 heterocycles. The van der Waals surface area contributed by atoms with Crippen molar-refractivity contribution >= 4 is 10.0 Å². The summed E-state index contributed by atoms with van der Waals surface area (Å²) in [6.07, 6.45) is 2.63. The molecule has 0 aliphatic heterocycles. The molecule has 5 nitrogen and oxygen atoms in total. The number of nitrogens with zero attached hydrogens (tertiary/aromatic N) is 2. The molecule has 0 aliphatic rings. The van der Waals surface area contributed by atoms with Crippen molar-refractivity contribution in [2.45, 2.75) is 11.3 Å². The van der Waals surface area contributed by atoms with Gasteiger partial charge in [0.2, 0.25) is 10.0 Å². The molecule has 0 bridgehead atoms. The van der Waals surface area contributed by atoms with E-state index in [2.05, 4.69) is 4.98 Å². The first kappa shape index (κ1) is 13.0. The third kappa shape index (κ3) is 2.97. The van der Waals surface area contributed by atoms with Gasteiger partial charge in [0, 0.05) is 19.8 Å². The van der Waals surface area contributed by atoms with Crippen molar-refractivity contribution in [2.75, 3.05) is 20.1 Å². The van der Waals surface area contributed by atoms with E-state index in [9.17, 15) is 12.8 Å². The zero-order chi connectivity index (χ0) is 12.2. The van der Waals surface area contributed by atoms with Crippen molar-refractivity contribution in [3.8, 4) is 0 Å². The highest BCUT2D eigenvalue weighted by molar-refractivity contribution is 7.89. The molecule has 0 saturated carbocycles. The van der Waals surface area contributed by atoms with Crippen LogP contribution >= 0.6 is 0 Å². The van der Waals surface area contributed by atoms with Crippen molar-refractivity contribution in [3.63, 3.8) is 0 Å². The molecular weight excluding hydrogens is 233 g/mol. The average Bonchev–Trinajstić information content (AvgIpc) is 2.25. The van der Waals surface area contributed by atoms with Gasteiger partial charge in [0.15, 0.2) is 0 Å². The molecule has 0 amide bonds. The Balaban J connectivity index is 2.93. The van der Waals surface area contributed by atoms with Crippen LogP contribution in [0.2, 0.25) is 0 Å². The number of hydrogen-bond donors (Lipinski definition) is 1. The van der Waals surface area contributed by atoms with Gasteiger partial charge in [-0.15, -0.1) is 0 Å². The summed E-state index contributed by atoms with van der Waals surface area (Å²) in [6, 6.07) is 0.946. The SMILES string of the molecule is CN(CCCN)S(=O)(=O)c1cncc(F)c1. The summed E-state index contributed by atoms with van der Waals surface area (Å²) < 4.78 is 37.7. The molecule has 0 aliphatic carbocycles. The van der Waals surface area contributed by atoms with Crippen LogP contribution in [0.3, 0.4) is 0 Å². The maximum Gasteiger partial charge on any atom is 0.244 e. The Kier molecular flexibility index (Phi) is 4.34. The molecule has 1 rings (SSSR count). The van der Waals surface area contributed by atoms with E-state index in [-0.39, 0.29) is 4.90 Å². The molecule has 16 heavy (non-hydrogen) atoms. The molecule has 2 N–H and O–H groups in total. The molecule has 0 saturated heterocycles. The highest BCUT2D eigenvalue weighted by Crippen LogP contribution is 2.13. The Morgan fingerprint density at radius 1 is 1.50 bits per heavy atom. The van der Waals surface area contributed by atoms with Crippen molar-refractivity contribution in [3.05, 3.63) is 24.3 Å². The van der Waals surface area contributed by atoms with E-state index in [1.807, 2.05) is 0 Å². The molecule has 0 spiro atoms. The van der Waals surface area contributed by atoms with E-state index < -0.39 is 15.8 Å². The van der Waals surface area contributed by atoms with Gasteiger partial charge in [-0.1, -0.05) is 0 Å². The topological polar surface area (TPSA) is 76.3 Å². The van der Waals surface area contributed by atoms with E-state index in [1.54, 1.807) is 0 Å². The number of aromatic nitrogens is 1. The maximum absolute atomic E-state index is 12.8. The van der Waals surface area contributed by atoms with Gasteiger partial charge >= 0.3 is 0 Å². The predicted molar refractivity (Wildman–Crippen MR) is 57.7 cm³/mol. The standard InChI is InChI=1S/C9H14FN3O2S/c1-13(4-2-3-11)16(14,15)9-5-8(10)6-12-7-9/h5-7H,2-4,11H2,1H3. The van der Waals surface area contributed by atoms with E-state index in [4.69, 9.17) is 5.73 Å². The van der Waals surface area contributed by atoms with E-state index in [0.29, 0.717) is 19.5 Å². The normalized spacial score (nSPS) is 12.0. The highest BCUT2D eigenvalue weighted by atomic mass is 32.2. The third-order valence-electron chi connectivity index (χ3n) is 2.07. The summed E-state index contributed by atoms with van der Waals surface area (Å²) in [7, 11) is -2.23. The third-order valence-corrected chi connectivity index (χ3v) is 3.89. The summed E-state index contributed by atoms with van der Waals surface area (Å²) in [5.41, 5.74) is 5.29. The first-order valence-corrected chi connectivity index (χ1v) is 6.19. The lowest BCUT2D eigenvalue weighted by Crippen LogP contribution is -2.29. The van der Waals surface area contributed by atoms with Gasteiger partial charge in [-0.25, -0.2) is 17.1 Å². The Morgan fingerprint density at radius 2 is 2.19 bits per heavy atom. The maximum atomic E-state index is 12.8. The number of sulfonamides is 1. The van der Waals surface area contributed by atoms with Crippen LogP contribution in [0, 0.1) is 5.82 Å². The minimum Gasteiger partial charge on any atom is -0.330 e. The fourth-order valence-corrected chi connectivity index (χ4v) is 2.33. The van der Waals surface area contributed by atoms with Crippen LogP contribution in [0.4, 0.5) is 4.39 Å². The lowest BCUT2D eigenvalue weighted by Gasteiger charge is -2.16. The highest BCUT2D eigenvalue weighted by Gasteiger charge is 2.20. The number of nitrogens with two attached hydrogens (primary N) is 1. The van der Waals surface area contributed by atoms with Crippen LogP contribution in [0.1, 0.15) is 6.42 Å². The van der Waals surface area contributed by atoms with Crippen molar-refractivity contribution in [2.24, 2.45) is 5.73 Å². The van der Waals surface area contributed by atoms with Gasteiger partial charge in [0.05, 0.1) is 6.20 Å². The van der Waals surface area contributed by atoms with Crippen molar-refractivity contribution in [1.29, 1.82) is 0 Å². The fourth-order valence-electron chi connectivity index (χ4n) is 1.15. The number of rotatable bonds is 5. The van der Waals surface area contributed by atoms with Crippen LogP contribution in [0.25, 0.3) is 0 Å². The molecule has 0 unspecified atom stereocenters. The quantitative estimate of drug-likeness (QED) is 0.806. The van der Waals surface area contributed by atoms with Gasteiger partial charge < -0.3 is 5.73 Å². The lowest BCUT2D eigenvalue weighted by molar-refractivity contribution is 0.462. The van der Waals surface area contributed by atoms with Gasteiger partial charge in [0.25, 0.3) is 0 Å². The van der Waals surface area contributed by atoms with Gasteiger partial charge in [-0.05, 0) is 19.0 Å². The summed E-state index contributed by atoms with van der Waals surface area (Å²) in [5, 5.41) is 0. The number of hydrogen-bond acceptors (Lipinski definition) is 4. The van der Waals surface area contributed by atoms with E-state index in [1.165, 1.54) is 7.05 Å². The average molecular weight is 247 g/mol. The van der Waals surface area contributed by atoms with Crippen LogP contribution in [0.15, 0.2) is 23.4 Å². The Bertz CT molecular complexity index is 450. The van der Waals surface area contributed by atoms with Crippen LogP contribution in [-0.2, 0) is 10.0 Å². The van der Waals surface area contributed by atoms with Crippen LogP contribution in [-0.4, -0.2) is 37.8 Å². The lowest BCUT2D eigenvalue weighted by atomic mass is 10.4. The molecule has 1 aromatic rings. The smallest absolute Gasteiger partial charge is 0.244 e. The first-order valence-electron chi connectivity index (χ1n) is 4.75. The summed E-state index contributed by atoms with van der Waals surface area (Å²) in [5.74, 6) is -0.673. The molecular formula is C9H14FN3O2S. The summed E-state index contributed by atoms with van der Waals surface area (Å²) >= 11 is 0. The zero-order valence-corrected chi connectivity index (χ0v) is 9.74.